The third-order valence-corrected chi connectivity index (χ3v) is 3.76. The molecule has 0 aromatic carbocycles. The fourth-order valence-electron chi connectivity index (χ4n) is 1.62. The summed E-state index contributed by atoms with van der Waals surface area (Å²) in [7, 11) is 0. The maximum absolute atomic E-state index is 11.1. The van der Waals surface area contributed by atoms with E-state index in [0.29, 0.717) is 25.4 Å². The quantitative estimate of drug-likeness (QED) is 0.800. The Bertz CT molecular complexity index is 351. The summed E-state index contributed by atoms with van der Waals surface area (Å²) in [6.07, 6.45) is -0.174. The SMILES string of the molecule is CC(C)CCN(CCC(O)c1cccs1)C(=O)O. The second-order valence-electron chi connectivity index (χ2n) is 4.77. The van der Waals surface area contributed by atoms with Gasteiger partial charge in [-0.25, -0.2) is 4.79 Å². The molecule has 0 saturated carbocycles. The summed E-state index contributed by atoms with van der Waals surface area (Å²) < 4.78 is 0. The van der Waals surface area contributed by atoms with Crippen LogP contribution >= 0.6 is 11.3 Å². The average Bonchev–Trinajstić information content (AvgIpc) is 2.81. The highest BCUT2D eigenvalue weighted by Gasteiger charge is 2.15. The molecule has 1 heterocycles. The van der Waals surface area contributed by atoms with Crippen molar-refractivity contribution in [3.63, 3.8) is 0 Å². The van der Waals surface area contributed by atoms with E-state index in [2.05, 4.69) is 13.8 Å². The molecule has 1 aromatic rings. The lowest BCUT2D eigenvalue weighted by Gasteiger charge is -2.21. The molecule has 1 atom stereocenters. The molecular weight excluding hydrogens is 250 g/mol. The van der Waals surface area contributed by atoms with Gasteiger partial charge in [-0.1, -0.05) is 19.9 Å². The fraction of sp³-hybridized carbons (Fsp3) is 0.615. The Hall–Kier alpha value is -1.07. The van der Waals surface area contributed by atoms with Gasteiger partial charge in [0.15, 0.2) is 0 Å². The molecule has 1 aromatic heterocycles. The molecule has 2 N–H and O–H groups in total. The number of hydrogen-bond donors (Lipinski definition) is 2. The van der Waals surface area contributed by atoms with Crippen LogP contribution in [0.25, 0.3) is 0 Å². The average molecular weight is 271 g/mol. The molecule has 0 fully saturated rings. The molecule has 0 radical (unpaired) electrons. The minimum atomic E-state index is -0.908. The van der Waals surface area contributed by atoms with Crippen molar-refractivity contribution in [2.75, 3.05) is 13.1 Å². The van der Waals surface area contributed by atoms with Gasteiger partial charge < -0.3 is 15.1 Å². The Morgan fingerprint density at radius 1 is 1.39 bits per heavy atom. The number of nitrogens with zero attached hydrogens (tertiary/aromatic N) is 1. The fourth-order valence-corrected chi connectivity index (χ4v) is 2.36. The summed E-state index contributed by atoms with van der Waals surface area (Å²) in [6, 6.07) is 3.76. The van der Waals surface area contributed by atoms with Crippen molar-refractivity contribution < 1.29 is 15.0 Å². The summed E-state index contributed by atoms with van der Waals surface area (Å²) in [5.74, 6) is 0.481. The van der Waals surface area contributed by atoms with E-state index in [0.717, 1.165) is 11.3 Å². The summed E-state index contributed by atoms with van der Waals surface area (Å²) in [6.45, 7) is 5.05. The number of amides is 1. The lowest BCUT2D eigenvalue weighted by molar-refractivity contribution is 0.120. The van der Waals surface area contributed by atoms with Crippen LogP contribution in [0.3, 0.4) is 0 Å². The second-order valence-corrected chi connectivity index (χ2v) is 5.75. The predicted octanol–water partition coefficient (Wildman–Crippen LogP) is 3.20. The van der Waals surface area contributed by atoms with Gasteiger partial charge in [-0.15, -0.1) is 11.3 Å². The van der Waals surface area contributed by atoms with Crippen molar-refractivity contribution in [1.82, 2.24) is 4.90 Å². The minimum absolute atomic E-state index is 0.376. The van der Waals surface area contributed by atoms with Gasteiger partial charge in [-0.05, 0) is 30.2 Å². The molecule has 0 aliphatic heterocycles. The molecule has 0 spiro atoms. The first-order valence-corrected chi connectivity index (χ1v) is 7.08. The summed E-state index contributed by atoms with van der Waals surface area (Å²) in [5, 5.41) is 20.9. The van der Waals surface area contributed by atoms with Crippen LogP contribution in [-0.2, 0) is 0 Å². The topological polar surface area (TPSA) is 60.8 Å². The van der Waals surface area contributed by atoms with Crippen LogP contribution in [0, 0.1) is 5.92 Å². The third kappa shape index (κ3) is 5.06. The van der Waals surface area contributed by atoms with E-state index < -0.39 is 12.2 Å². The van der Waals surface area contributed by atoms with E-state index in [1.165, 1.54) is 16.2 Å². The lowest BCUT2D eigenvalue weighted by Crippen LogP contribution is -2.32. The van der Waals surface area contributed by atoms with Gasteiger partial charge in [0.2, 0.25) is 0 Å². The Kier molecular flexibility index (Phi) is 6.15. The van der Waals surface area contributed by atoms with Crippen molar-refractivity contribution in [3.05, 3.63) is 22.4 Å². The van der Waals surface area contributed by atoms with E-state index in [9.17, 15) is 9.90 Å². The number of thiophene rings is 1. The molecule has 18 heavy (non-hydrogen) atoms. The molecule has 0 aliphatic rings. The monoisotopic (exact) mass is 271 g/mol. The molecular formula is C13H21NO3S. The van der Waals surface area contributed by atoms with Crippen molar-refractivity contribution in [2.24, 2.45) is 5.92 Å². The van der Waals surface area contributed by atoms with Crippen LogP contribution in [0.1, 0.15) is 37.7 Å². The largest absolute Gasteiger partial charge is 0.465 e. The lowest BCUT2D eigenvalue weighted by atomic mass is 10.1. The molecule has 0 saturated heterocycles. The Labute approximate surface area is 112 Å². The van der Waals surface area contributed by atoms with E-state index >= 15 is 0 Å². The van der Waals surface area contributed by atoms with Crippen LogP contribution in [0.5, 0.6) is 0 Å². The minimum Gasteiger partial charge on any atom is -0.465 e. The first-order chi connectivity index (χ1) is 8.50. The van der Waals surface area contributed by atoms with Gasteiger partial charge >= 0.3 is 6.09 Å². The first-order valence-electron chi connectivity index (χ1n) is 6.20. The zero-order chi connectivity index (χ0) is 13.5. The Morgan fingerprint density at radius 2 is 2.06 bits per heavy atom. The predicted molar refractivity (Wildman–Crippen MR) is 72.9 cm³/mol. The molecule has 1 amide bonds. The van der Waals surface area contributed by atoms with Crippen LogP contribution in [0.15, 0.2) is 17.5 Å². The van der Waals surface area contributed by atoms with E-state index in [1.807, 2.05) is 17.5 Å². The maximum atomic E-state index is 11.1. The molecule has 1 rings (SSSR count). The number of aliphatic hydroxyl groups is 1. The highest BCUT2D eigenvalue weighted by molar-refractivity contribution is 7.10. The van der Waals surface area contributed by atoms with Gasteiger partial charge in [0.05, 0.1) is 6.10 Å². The summed E-state index contributed by atoms with van der Waals surface area (Å²) >= 11 is 1.49. The summed E-state index contributed by atoms with van der Waals surface area (Å²) in [5.41, 5.74) is 0. The normalized spacial score (nSPS) is 12.7. The molecule has 1 unspecified atom stereocenters. The summed E-state index contributed by atoms with van der Waals surface area (Å²) in [4.78, 5) is 13.3. The molecule has 0 bridgehead atoms. The molecule has 4 nitrogen and oxygen atoms in total. The van der Waals surface area contributed by atoms with Crippen LogP contribution in [0.2, 0.25) is 0 Å². The highest BCUT2D eigenvalue weighted by atomic mass is 32.1. The van der Waals surface area contributed by atoms with Gasteiger partial charge in [0.25, 0.3) is 0 Å². The van der Waals surface area contributed by atoms with Crippen LogP contribution in [-0.4, -0.2) is 34.3 Å². The maximum Gasteiger partial charge on any atom is 0.407 e. The van der Waals surface area contributed by atoms with Crippen LogP contribution < -0.4 is 0 Å². The first kappa shape index (κ1) is 15.0. The Balaban J connectivity index is 2.39. The van der Waals surface area contributed by atoms with Crippen molar-refractivity contribution in [1.29, 1.82) is 0 Å². The van der Waals surface area contributed by atoms with Gasteiger partial charge in [0.1, 0.15) is 0 Å². The molecule has 5 heteroatoms. The van der Waals surface area contributed by atoms with Gasteiger partial charge in [0, 0.05) is 18.0 Å². The van der Waals surface area contributed by atoms with E-state index in [1.54, 1.807) is 0 Å². The van der Waals surface area contributed by atoms with Gasteiger partial charge in [-0.2, -0.15) is 0 Å². The zero-order valence-electron chi connectivity index (χ0n) is 10.9. The molecule has 102 valence electrons. The van der Waals surface area contributed by atoms with Crippen LogP contribution in [0.4, 0.5) is 4.79 Å². The van der Waals surface area contributed by atoms with E-state index in [4.69, 9.17) is 5.11 Å². The zero-order valence-corrected chi connectivity index (χ0v) is 11.7. The van der Waals surface area contributed by atoms with E-state index in [-0.39, 0.29) is 0 Å². The number of carboxylic acid groups (broad SMARTS) is 1. The number of rotatable bonds is 7. The number of hydrogen-bond acceptors (Lipinski definition) is 3. The Morgan fingerprint density at radius 3 is 2.56 bits per heavy atom. The number of carbonyl (C=O) groups is 1. The molecule has 0 aliphatic carbocycles. The van der Waals surface area contributed by atoms with Gasteiger partial charge in [-0.3, -0.25) is 0 Å². The van der Waals surface area contributed by atoms with Crippen molar-refractivity contribution in [3.8, 4) is 0 Å². The highest BCUT2D eigenvalue weighted by Crippen LogP contribution is 2.21. The number of aliphatic hydroxyl groups excluding tert-OH is 1. The smallest absolute Gasteiger partial charge is 0.407 e. The standard InChI is InChI=1S/C13H21NO3S/c1-10(2)5-7-14(13(16)17)8-6-11(15)12-4-3-9-18-12/h3-4,9-11,15H,5-8H2,1-2H3,(H,16,17). The van der Waals surface area contributed by atoms with Crippen molar-refractivity contribution >= 4 is 17.4 Å². The van der Waals surface area contributed by atoms with Crippen molar-refractivity contribution in [2.45, 2.75) is 32.8 Å². The third-order valence-electron chi connectivity index (χ3n) is 2.79. The second kappa shape index (κ2) is 7.38.